The van der Waals surface area contributed by atoms with E-state index in [4.69, 9.17) is 19.2 Å². The van der Waals surface area contributed by atoms with Gasteiger partial charge in [0.2, 0.25) is 0 Å². The van der Waals surface area contributed by atoms with Crippen LogP contribution in [0, 0.1) is 39.9 Å². The predicted molar refractivity (Wildman–Crippen MR) is 7.61 cm³/mol. The molecule has 0 saturated heterocycles. The fraction of sp³-hybridized carbons (Fsp3) is 0. The van der Waals surface area contributed by atoms with Crippen LogP contribution in [0.5, 0.6) is 0 Å². The standard InChI is InChI=1S/Gd.H3O4P.Y/c;1-5(2,3)4;/h;(H3,1,2,3,4);/q+3;;/p-3. The zero-order valence-corrected chi connectivity index (χ0v) is 9.01. The van der Waals surface area contributed by atoms with Crippen LogP contribution in [-0.4, -0.2) is 0 Å². The first-order chi connectivity index (χ1) is 2.00. The summed E-state index contributed by atoms with van der Waals surface area (Å²) < 4.78 is 8.55. The zero-order valence-electron chi connectivity index (χ0n) is 3.01. The summed E-state index contributed by atoms with van der Waals surface area (Å²) in [5.41, 5.74) is 0. The monoisotopic (exact) mass is 342 g/mol. The first-order valence-electron chi connectivity index (χ1n) is 0.730. The van der Waals surface area contributed by atoms with Crippen LogP contribution in [0.4, 0.5) is 0 Å². The second kappa shape index (κ2) is 6.66. The molecular weight excluding hydrogens is 341 g/mol. The summed E-state index contributed by atoms with van der Waals surface area (Å²) in [6.45, 7) is 0. The minimum Gasteiger partial charge on any atom is -0.822 e. The summed E-state index contributed by atoms with van der Waals surface area (Å²) in [7, 11) is -5.39. The first kappa shape index (κ1) is 16.3. The van der Waals surface area contributed by atoms with Crippen molar-refractivity contribution in [2.75, 3.05) is 0 Å². The zero-order chi connectivity index (χ0) is 4.50. The Bertz CT molecular complexity index is 57.8. The SMILES string of the molecule is O=P([O-])([O-])[O-].[Gd+3].[Y]. The van der Waals surface area contributed by atoms with Crippen molar-refractivity contribution >= 4 is 7.82 Å². The van der Waals surface area contributed by atoms with Crippen LogP contribution in [0.25, 0.3) is 0 Å². The third-order valence-electron chi connectivity index (χ3n) is 0. The fourth-order valence-electron chi connectivity index (χ4n) is 0. The molecular formula is GdO4PY. The van der Waals surface area contributed by atoms with Gasteiger partial charge in [-0.3, -0.25) is 0 Å². The van der Waals surface area contributed by atoms with Crippen molar-refractivity contribution in [1.82, 2.24) is 0 Å². The van der Waals surface area contributed by atoms with Gasteiger partial charge in [0.25, 0.3) is 0 Å². The summed E-state index contributed by atoms with van der Waals surface area (Å²) in [6, 6.07) is 0. The Morgan fingerprint density at radius 3 is 1.14 bits per heavy atom. The molecule has 0 heterocycles. The second-order valence-corrected chi connectivity index (χ2v) is 1.34. The van der Waals surface area contributed by atoms with Gasteiger partial charge in [0.05, 0.1) is 0 Å². The minimum atomic E-state index is -5.39. The first-order valence-corrected chi connectivity index (χ1v) is 2.19. The van der Waals surface area contributed by atoms with Crippen LogP contribution in [0.2, 0.25) is 0 Å². The van der Waals surface area contributed by atoms with Crippen LogP contribution >= 0.6 is 7.82 Å². The van der Waals surface area contributed by atoms with Gasteiger partial charge in [-0.25, -0.2) is 0 Å². The van der Waals surface area contributed by atoms with E-state index in [-0.39, 0.29) is 72.6 Å². The van der Waals surface area contributed by atoms with Gasteiger partial charge >= 0.3 is 39.9 Å². The molecule has 0 N–H and O–H groups in total. The molecule has 0 saturated carbocycles. The quantitative estimate of drug-likeness (QED) is 0.445. The van der Waals surface area contributed by atoms with Gasteiger partial charge < -0.3 is 19.2 Å². The maximum atomic E-state index is 8.55. The molecule has 0 spiro atoms. The Balaban J connectivity index is -0.0000000800. The van der Waals surface area contributed by atoms with Gasteiger partial charge in [0, 0.05) is 32.7 Å². The van der Waals surface area contributed by atoms with E-state index < -0.39 is 7.82 Å². The smallest absolute Gasteiger partial charge is 0.822 e. The van der Waals surface area contributed by atoms with Gasteiger partial charge in [0.1, 0.15) is 0 Å². The largest absolute Gasteiger partial charge is 3.00 e. The van der Waals surface area contributed by atoms with E-state index in [9.17, 15) is 0 Å². The minimum absolute atomic E-state index is 0. The molecule has 0 aromatic rings. The Morgan fingerprint density at radius 2 is 1.14 bits per heavy atom. The van der Waals surface area contributed by atoms with Gasteiger partial charge in [-0.1, -0.05) is 0 Å². The number of hydrogen-bond donors (Lipinski definition) is 0. The normalized spacial score (nSPS) is 8.43. The van der Waals surface area contributed by atoms with Crippen LogP contribution in [0.3, 0.4) is 0 Å². The van der Waals surface area contributed by atoms with Crippen molar-refractivity contribution in [3.05, 3.63) is 0 Å². The van der Waals surface area contributed by atoms with Gasteiger partial charge in [0.15, 0.2) is 0 Å². The van der Waals surface area contributed by atoms with Crippen LogP contribution in [-0.2, 0) is 37.3 Å². The average Bonchev–Trinajstić information content (AvgIpc) is 0.722. The number of hydrogen-bond acceptors (Lipinski definition) is 4. The summed E-state index contributed by atoms with van der Waals surface area (Å²) in [6.07, 6.45) is 0. The molecule has 0 fully saturated rings. The van der Waals surface area contributed by atoms with Crippen molar-refractivity contribution in [3.8, 4) is 0 Å². The van der Waals surface area contributed by atoms with E-state index in [2.05, 4.69) is 0 Å². The molecule has 0 aromatic carbocycles. The molecule has 0 rings (SSSR count). The molecule has 0 bridgehead atoms. The molecule has 0 aliphatic carbocycles. The molecule has 7 heavy (non-hydrogen) atoms. The van der Waals surface area contributed by atoms with E-state index in [0.29, 0.717) is 0 Å². The van der Waals surface area contributed by atoms with Gasteiger partial charge in [-0.15, -0.1) is 0 Å². The summed E-state index contributed by atoms with van der Waals surface area (Å²) in [4.78, 5) is 25.6. The van der Waals surface area contributed by atoms with E-state index in [1.165, 1.54) is 0 Å². The maximum Gasteiger partial charge on any atom is 3.00 e. The average molecular weight is 341 g/mol. The van der Waals surface area contributed by atoms with Crippen LogP contribution in [0.1, 0.15) is 0 Å². The predicted octanol–water partition coefficient (Wildman–Crippen LogP) is -2.83. The van der Waals surface area contributed by atoms with E-state index in [1.807, 2.05) is 0 Å². The van der Waals surface area contributed by atoms with Crippen molar-refractivity contribution in [1.29, 1.82) is 0 Å². The molecule has 0 atom stereocenters. The molecule has 0 aliphatic rings. The topological polar surface area (TPSA) is 86.2 Å². The molecule has 0 unspecified atom stereocenters. The number of rotatable bonds is 0. The Hall–Kier alpha value is 2.54. The van der Waals surface area contributed by atoms with E-state index >= 15 is 0 Å². The third kappa shape index (κ3) is 56.6. The van der Waals surface area contributed by atoms with Gasteiger partial charge in [-0.05, 0) is 0 Å². The molecule has 4 nitrogen and oxygen atoms in total. The van der Waals surface area contributed by atoms with Crippen molar-refractivity contribution < 1.29 is 91.9 Å². The molecule has 0 aliphatic heterocycles. The maximum absolute atomic E-state index is 8.55. The van der Waals surface area contributed by atoms with E-state index in [0.717, 1.165) is 0 Å². The third-order valence-corrected chi connectivity index (χ3v) is 0. The van der Waals surface area contributed by atoms with Crippen molar-refractivity contribution in [2.24, 2.45) is 0 Å². The van der Waals surface area contributed by atoms with Crippen LogP contribution < -0.4 is 14.7 Å². The Kier molecular flexibility index (Phi) is 15.5. The molecule has 40 valence electrons. The Morgan fingerprint density at radius 1 is 1.14 bits per heavy atom. The Labute approximate surface area is 97.9 Å². The van der Waals surface area contributed by atoms with Crippen molar-refractivity contribution in [2.45, 2.75) is 0 Å². The second-order valence-electron chi connectivity index (χ2n) is 0.447. The molecule has 2 radical (unpaired) electrons. The summed E-state index contributed by atoms with van der Waals surface area (Å²) >= 11 is 0. The number of phosphoric acid groups is 1. The fourth-order valence-corrected chi connectivity index (χ4v) is 0. The molecule has 7 heteroatoms. The molecule has 0 aromatic heterocycles. The van der Waals surface area contributed by atoms with E-state index in [1.54, 1.807) is 0 Å². The molecule has 0 amide bonds. The van der Waals surface area contributed by atoms with Crippen molar-refractivity contribution in [3.63, 3.8) is 0 Å². The van der Waals surface area contributed by atoms with Gasteiger partial charge in [-0.2, -0.15) is 7.82 Å². The summed E-state index contributed by atoms with van der Waals surface area (Å²) in [5, 5.41) is 0. The summed E-state index contributed by atoms with van der Waals surface area (Å²) in [5.74, 6) is 0. The van der Waals surface area contributed by atoms with Crippen LogP contribution in [0.15, 0.2) is 0 Å².